The molecule has 3 aromatic carbocycles. The first kappa shape index (κ1) is 26.9. The number of nitrogens with one attached hydrogen (secondary N) is 1. The minimum Gasteiger partial charge on any atom is -0.493 e. The fourth-order valence-electron chi connectivity index (χ4n) is 3.19. The van der Waals surface area contributed by atoms with E-state index in [4.69, 9.17) is 28.4 Å². The molecule has 0 spiro atoms. The van der Waals surface area contributed by atoms with E-state index in [1.165, 1.54) is 39.7 Å². The number of benzene rings is 3. The van der Waals surface area contributed by atoms with Crippen molar-refractivity contribution in [3.63, 3.8) is 0 Å². The number of hydrogen-bond acceptors (Lipinski definition) is 9. The van der Waals surface area contributed by atoms with Crippen LogP contribution in [0.2, 0.25) is 0 Å². The van der Waals surface area contributed by atoms with Crippen LogP contribution in [0.4, 0.5) is 0 Å². The molecular formula is C27H28N2O8. The summed E-state index contributed by atoms with van der Waals surface area (Å²) in [6.45, 7) is 2.13. The van der Waals surface area contributed by atoms with Crippen LogP contribution in [0.1, 0.15) is 22.8 Å². The topological polar surface area (TPSA) is 114 Å². The zero-order valence-electron chi connectivity index (χ0n) is 21.0. The molecule has 0 fully saturated rings. The van der Waals surface area contributed by atoms with Gasteiger partial charge < -0.3 is 28.4 Å². The highest BCUT2D eigenvalue weighted by Gasteiger charge is 2.18. The molecule has 0 unspecified atom stereocenters. The zero-order chi connectivity index (χ0) is 26.6. The van der Waals surface area contributed by atoms with E-state index in [0.29, 0.717) is 46.7 Å². The fourth-order valence-corrected chi connectivity index (χ4v) is 3.19. The van der Waals surface area contributed by atoms with Crippen LogP contribution in [0, 0.1) is 0 Å². The molecule has 37 heavy (non-hydrogen) atoms. The van der Waals surface area contributed by atoms with Crippen LogP contribution in [0.25, 0.3) is 0 Å². The van der Waals surface area contributed by atoms with Crippen molar-refractivity contribution in [2.75, 3.05) is 34.5 Å². The van der Waals surface area contributed by atoms with Crippen LogP contribution in [-0.2, 0) is 4.79 Å². The van der Waals surface area contributed by atoms with Crippen molar-refractivity contribution in [3.05, 3.63) is 71.8 Å². The quantitative estimate of drug-likeness (QED) is 0.170. The maximum Gasteiger partial charge on any atom is 0.343 e. The number of nitrogens with zero attached hydrogens (tertiary/aromatic N) is 1. The first-order valence-corrected chi connectivity index (χ1v) is 11.3. The Balaban J connectivity index is 1.54. The van der Waals surface area contributed by atoms with Crippen molar-refractivity contribution >= 4 is 18.1 Å². The fraction of sp³-hybridized carbons (Fsp3) is 0.222. The van der Waals surface area contributed by atoms with Crippen molar-refractivity contribution in [3.8, 4) is 34.5 Å². The van der Waals surface area contributed by atoms with Crippen molar-refractivity contribution in [1.29, 1.82) is 0 Å². The monoisotopic (exact) mass is 508 g/mol. The molecule has 0 aliphatic rings. The second kappa shape index (κ2) is 13.4. The Bertz CT molecular complexity index is 1220. The van der Waals surface area contributed by atoms with E-state index in [-0.39, 0.29) is 12.2 Å². The second-order valence-electron chi connectivity index (χ2n) is 7.33. The van der Waals surface area contributed by atoms with Crippen LogP contribution in [0.15, 0.2) is 65.8 Å². The van der Waals surface area contributed by atoms with Crippen molar-refractivity contribution in [1.82, 2.24) is 5.43 Å². The van der Waals surface area contributed by atoms with E-state index in [0.717, 1.165) is 0 Å². The van der Waals surface area contributed by atoms with Gasteiger partial charge in [0, 0.05) is 0 Å². The molecule has 1 N–H and O–H groups in total. The van der Waals surface area contributed by atoms with Crippen molar-refractivity contribution in [2.45, 2.75) is 6.92 Å². The van der Waals surface area contributed by atoms with E-state index in [9.17, 15) is 9.59 Å². The molecule has 0 saturated carbocycles. The molecule has 0 aliphatic carbocycles. The van der Waals surface area contributed by atoms with Crippen molar-refractivity contribution in [2.24, 2.45) is 5.10 Å². The predicted molar refractivity (Wildman–Crippen MR) is 136 cm³/mol. The predicted octanol–water partition coefficient (Wildman–Crippen LogP) is 3.86. The minimum atomic E-state index is -0.598. The summed E-state index contributed by atoms with van der Waals surface area (Å²) in [5, 5.41) is 3.92. The summed E-state index contributed by atoms with van der Waals surface area (Å²) in [6, 6.07) is 16.7. The van der Waals surface area contributed by atoms with E-state index in [1.54, 1.807) is 42.5 Å². The lowest BCUT2D eigenvalue weighted by Crippen LogP contribution is -2.24. The maximum absolute atomic E-state index is 12.6. The van der Waals surface area contributed by atoms with Crippen LogP contribution < -0.4 is 33.8 Å². The van der Waals surface area contributed by atoms with Gasteiger partial charge in [0.25, 0.3) is 5.91 Å². The van der Waals surface area contributed by atoms with Gasteiger partial charge in [-0.2, -0.15) is 5.10 Å². The normalized spacial score (nSPS) is 10.5. The Hall–Kier alpha value is -4.73. The standard InChI is InChI=1S/C27H28N2O8/c1-5-35-21-8-6-7-9-22(21)36-17-25(30)29-28-16-18-10-12-20(13-11-18)37-27(31)19-14-23(32-2)26(34-4)24(15-19)33-3/h6-16H,5,17H2,1-4H3,(H,29,30)/b28-16-. The highest BCUT2D eigenvalue weighted by Crippen LogP contribution is 2.38. The van der Waals surface area contributed by atoms with Crippen LogP contribution >= 0.6 is 0 Å². The average molecular weight is 509 g/mol. The van der Waals surface area contributed by atoms with Gasteiger partial charge >= 0.3 is 5.97 Å². The number of methoxy groups -OCH3 is 3. The molecule has 0 aliphatic heterocycles. The number of para-hydroxylation sites is 2. The average Bonchev–Trinajstić information content (AvgIpc) is 2.92. The van der Waals surface area contributed by atoms with E-state index >= 15 is 0 Å². The SMILES string of the molecule is CCOc1ccccc1OCC(=O)N/N=C\c1ccc(OC(=O)c2cc(OC)c(OC)c(OC)c2)cc1. The number of carbonyl (C=O) groups is 2. The molecule has 0 bridgehead atoms. The maximum atomic E-state index is 12.6. The molecular weight excluding hydrogens is 480 g/mol. The molecule has 3 rings (SSSR count). The number of rotatable bonds is 12. The Morgan fingerprint density at radius 3 is 2.03 bits per heavy atom. The van der Waals surface area contributed by atoms with Gasteiger partial charge in [0.15, 0.2) is 29.6 Å². The van der Waals surface area contributed by atoms with Gasteiger partial charge in [0.2, 0.25) is 5.75 Å². The van der Waals surface area contributed by atoms with Gasteiger partial charge in [0.05, 0.1) is 39.7 Å². The van der Waals surface area contributed by atoms with Gasteiger partial charge in [-0.05, 0) is 61.0 Å². The molecule has 3 aromatic rings. The lowest BCUT2D eigenvalue weighted by Gasteiger charge is -2.13. The number of hydrazone groups is 1. The molecule has 10 heteroatoms. The molecule has 1 amide bonds. The lowest BCUT2D eigenvalue weighted by atomic mass is 10.2. The van der Waals surface area contributed by atoms with Gasteiger partial charge in [-0.1, -0.05) is 12.1 Å². The van der Waals surface area contributed by atoms with E-state index in [1.807, 2.05) is 13.0 Å². The molecule has 0 saturated heterocycles. The Morgan fingerprint density at radius 1 is 0.838 bits per heavy atom. The Kier molecular flexibility index (Phi) is 9.72. The van der Waals surface area contributed by atoms with E-state index < -0.39 is 11.9 Å². The van der Waals surface area contributed by atoms with Crippen LogP contribution in [0.3, 0.4) is 0 Å². The molecule has 0 heterocycles. The number of ether oxygens (including phenoxy) is 6. The van der Waals surface area contributed by atoms with Crippen molar-refractivity contribution < 1.29 is 38.0 Å². The smallest absolute Gasteiger partial charge is 0.343 e. The van der Waals surface area contributed by atoms with Gasteiger partial charge in [-0.15, -0.1) is 0 Å². The molecule has 10 nitrogen and oxygen atoms in total. The Labute approximate surface area is 214 Å². The highest BCUT2D eigenvalue weighted by molar-refractivity contribution is 5.93. The molecule has 0 atom stereocenters. The van der Waals surface area contributed by atoms with Gasteiger partial charge in [-0.3, -0.25) is 4.79 Å². The largest absolute Gasteiger partial charge is 0.493 e. The van der Waals surface area contributed by atoms with Crippen LogP contribution in [-0.4, -0.2) is 52.6 Å². The minimum absolute atomic E-state index is 0.225. The van der Waals surface area contributed by atoms with Crippen LogP contribution in [0.5, 0.6) is 34.5 Å². The number of esters is 1. The first-order chi connectivity index (χ1) is 18.0. The number of amides is 1. The zero-order valence-corrected chi connectivity index (χ0v) is 21.0. The second-order valence-corrected chi connectivity index (χ2v) is 7.33. The third kappa shape index (κ3) is 7.38. The third-order valence-corrected chi connectivity index (χ3v) is 4.90. The highest BCUT2D eigenvalue weighted by atomic mass is 16.5. The number of hydrogen-bond donors (Lipinski definition) is 1. The van der Waals surface area contributed by atoms with E-state index in [2.05, 4.69) is 10.5 Å². The number of carbonyl (C=O) groups excluding carboxylic acids is 2. The van der Waals surface area contributed by atoms with Gasteiger partial charge in [-0.25, -0.2) is 10.2 Å². The summed E-state index contributed by atoms with van der Waals surface area (Å²) in [7, 11) is 4.40. The summed E-state index contributed by atoms with van der Waals surface area (Å²) in [5.74, 6) is 1.38. The summed E-state index contributed by atoms with van der Waals surface area (Å²) in [6.07, 6.45) is 1.46. The first-order valence-electron chi connectivity index (χ1n) is 11.3. The molecule has 194 valence electrons. The molecule has 0 aromatic heterocycles. The lowest BCUT2D eigenvalue weighted by molar-refractivity contribution is -0.123. The summed E-state index contributed by atoms with van der Waals surface area (Å²) in [5.41, 5.74) is 3.30. The summed E-state index contributed by atoms with van der Waals surface area (Å²) < 4.78 is 32.2. The summed E-state index contributed by atoms with van der Waals surface area (Å²) >= 11 is 0. The van der Waals surface area contributed by atoms with Gasteiger partial charge in [0.1, 0.15) is 5.75 Å². The molecule has 0 radical (unpaired) electrons. The Morgan fingerprint density at radius 2 is 1.46 bits per heavy atom. The third-order valence-electron chi connectivity index (χ3n) is 4.90. The summed E-state index contributed by atoms with van der Waals surface area (Å²) in [4.78, 5) is 24.7.